The van der Waals surface area contributed by atoms with Crippen LogP contribution in [0, 0.1) is 5.92 Å². The Kier molecular flexibility index (Phi) is 3.22. The van der Waals surface area contributed by atoms with Crippen LogP contribution >= 0.6 is 15.9 Å². The van der Waals surface area contributed by atoms with Gasteiger partial charge in [-0.25, -0.2) is 4.98 Å². The number of nitrogens with zero attached hydrogens (tertiary/aromatic N) is 1. The highest BCUT2D eigenvalue weighted by atomic mass is 79.9. The summed E-state index contributed by atoms with van der Waals surface area (Å²) < 4.78 is 1.10. The molecule has 1 aromatic carbocycles. The van der Waals surface area contributed by atoms with E-state index in [4.69, 9.17) is 5.73 Å². The highest BCUT2D eigenvalue weighted by molar-refractivity contribution is 9.10. The average molecular weight is 306 g/mol. The van der Waals surface area contributed by atoms with Crippen molar-refractivity contribution in [1.82, 2.24) is 4.98 Å². The topological polar surface area (TPSA) is 50.9 Å². The maximum atomic E-state index is 5.84. The fourth-order valence-electron chi connectivity index (χ4n) is 2.33. The Bertz CT molecular complexity index is 566. The number of halogens is 1. The maximum absolute atomic E-state index is 5.84. The van der Waals surface area contributed by atoms with Crippen LogP contribution in [0.25, 0.3) is 10.8 Å². The van der Waals surface area contributed by atoms with Gasteiger partial charge in [-0.1, -0.05) is 28.1 Å². The Balaban J connectivity index is 1.98. The lowest BCUT2D eigenvalue weighted by Gasteiger charge is -2.18. The average Bonchev–Trinajstić information content (AvgIpc) is 3.21. The van der Waals surface area contributed by atoms with E-state index in [1.165, 1.54) is 18.2 Å². The molecule has 0 bridgehead atoms. The first-order chi connectivity index (χ1) is 8.79. The predicted molar refractivity (Wildman–Crippen MR) is 78.6 cm³/mol. The first-order valence-electron chi connectivity index (χ1n) is 6.29. The number of fused-ring (bicyclic) bond motifs is 1. The number of aromatic nitrogens is 1. The second kappa shape index (κ2) is 4.86. The second-order valence-electron chi connectivity index (χ2n) is 4.82. The van der Waals surface area contributed by atoms with E-state index < -0.39 is 0 Å². The third-order valence-corrected chi connectivity index (χ3v) is 4.21. The summed E-state index contributed by atoms with van der Waals surface area (Å²) in [6, 6.07) is 8.55. The zero-order chi connectivity index (χ0) is 12.5. The molecule has 2 aromatic rings. The van der Waals surface area contributed by atoms with Crippen LogP contribution in [0.1, 0.15) is 12.8 Å². The van der Waals surface area contributed by atoms with Crippen LogP contribution in [-0.2, 0) is 0 Å². The molecule has 3 rings (SSSR count). The molecule has 0 radical (unpaired) electrons. The Morgan fingerprint density at radius 3 is 2.89 bits per heavy atom. The standard InChI is InChI=1S/C14H16BrN3/c15-12-3-1-2-11-10(12)6-7-17-14(11)18-13(8-16)9-4-5-9/h1-3,6-7,9,13H,4-5,8,16H2,(H,17,18). The summed E-state index contributed by atoms with van der Waals surface area (Å²) in [6.07, 6.45) is 4.41. The van der Waals surface area contributed by atoms with Gasteiger partial charge in [-0.05, 0) is 30.9 Å². The number of anilines is 1. The van der Waals surface area contributed by atoms with Crippen LogP contribution < -0.4 is 11.1 Å². The molecule has 18 heavy (non-hydrogen) atoms. The predicted octanol–water partition coefficient (Wildman–Crippen LogP) is 3.15. The van der Waals surface area contributed by atoms with Crippen LogP contribution in [0.5, 0.6) is 0 Å². The molecule has 1 aromatic heterocycles. The minimum Gasteiger partial charge on any atom is -0.365 e. The van der Waals surface area contributed by atoms with Gasteiger partial charge in [-0.2, -0.15) is 0 Å². The third kappa shape index (κ3) is 2.22. The molecule has 1 unspecified atom stereocenters. The second-order valence-corrected chi connectivity index (χ2v) is 5.67. The zero-order valence-corrected chi connectivity index (χ0v) is 11.7. The summed E-state index contributed by atoms with van der Waals surface area (Å²) in [5.41, 5.74) is 5.84. The van der Waals surface area contributed by atoms with Gasteiger partial charge in [0.25, 0.3) is 0 Å². The van der Waals surface area contributed by atoms with Gasteiger partial charge in [0.2, 0.25) is 0 Å². The van der Waals surface area contributed by atoms with Crippen molar-refractivity contribution in [1.29, 1.82) is 0 Å². The number of hydrogen-bond donors (Lipinski definition) is 2. The largest absolute Gasteiger partial charge is 0.365 e. The van der Waals surface area contributed by atoms with Crippen LogP contribution in [0.3, 0.4) is 0 Å². The zero-order valence-electron chi connectivity index (χ0n) is 10.1. The van der Waals surface area contributed by atoms with E-state index in [0.29, 0.717) is 12.6 Å². The fourth-order valence-corrected chi connectivity index (χ4v) is 2.83. The van der Waals surface area contributed by atoms with Gasteiger partial charge in [-0.15, -0.1) is 0 Å². The van der Waals surface area contributed by atoms with Crippen molar-refractivity contribution < 1.29 is 0 Å². The Morgan fingerprint density at radius 1 is 1.33 bits per heavy atom. The first kappa shape index (κ1) is 11.9. The molecule has 94 valence electrons. The molecule has 0 saturated heterocycles. The normalized spacial score (nSPS) is 16.8. The smallest absolute Gasteiger partial charge is 0.134 e. The molecular weight excluding hydrogens is 290 g/mol. The van der Waals surface area contributed by atoms with Crippen molar-refractivity contribution in [2.45, 2.75) is 18.9 Å². The van der Waals surface area contributed by atoms with Crippen molar-refractivity contribution >= 4 is 32.5 Å². The molecular formula is C14H16BrN3. The van der Waals surface area contributed by atoms with Gasteiger partial charge >= 0.3 is 0 Å². The number of benzene rings is 1. The summed E-state index contributed by atoms with van der Waals surface area (Å²) in [6.45, 7) is 0.663. The summed E-state index contributed by atoms with van der Waals surface area (Å²) in [5, 5.41) is 5.83. The van der Waals surface area contributed by atoms with Gasteiger partial charge in [0.05, 0.1) is 0 Å². The summed E-state index contributed by atoms with van der Waals surface area (Å²) in [5.74, 6) is 1.66. The molecule has 1 atom stereocenters. The van der Waals surface area contributed by atoms with E-state index in [2.05, 4.69) is 32.3 Å². The fraction of sp³-hybridized carbons (Fsp3) is 0.357. The molecule has 1 fully saturated rings. The minimum atomic E-state index is 0.349. The van der Waals surface area contributed by atoms with Crippen LogP contribution in [-0.4, -0.2) is 17.6 Å². The van der Waals surface area contributed by atoms with E-state index in [0.717, 1.165) is 21.6 Å². The minimum absolute atomic E-state index is 0.349. The molecule has 3 nitrogen and oxygen atoms in total. The Morgan fingerprint density at radius 2 is 2.17 bits per heavy atom. The summed E-state index contributed by atoms with van der Waals surface area (Å²) in [4.78, 5) is 4.46. The van der Waals surface area contributed by atoms with Gasteiger partial charge in [0, 0.05) is 34.0 Å². The SMILES string of the molecule is NCC(Nc1nccc2c(Br)cccc12)C1CC1. The van der Waals surface area contributed by atoms with Crippen LogP contribution in [0.2, 0.25) is 0 Å². The maximum Gasteiger partial charge on any atom is 0.134 e. The first-order valence-corrected chi connectivity index (χ1v) is 7.08. The molecule has 3 N–H and O–H groups in total. The van der Waals surface area contributed by atoms with E-state index in [9.17, 15) is 0 Å². The van der Waals surface area contributed by atoms with Crippen LogP contribution in [0.4, 0.5) is 5.82 Å². The quantitative estimate of drug-likeness (QED) is 0.912. The summed E-state index contributed by atoms with van der Waals surface area (Å²) >= 11 is 3.58. The van der Waals surface area contributed by atoms with E-state index >= 15 is 0 Å². The molecule has 1 heterocycles. The molecule has 0 amide bonds. The van der Waals surface area contributed by atoms with Gasteiger partial charge in [0.1, 0.15) is 5.82 Å². The lowest BCUT2D eigenvalue weighted by molar-refractivity contribution is 0.643. The monoisotopic (exact) mass is 305 g/mol. The molecule has 0 spiro atoms. The van der Waals surface area contributed by atoms with E-state index in [1.807, 2.05) is 24.4 Å². The highest BCUT2D eigenvalue weighted by Crippen LogP contribution is 2.35. The lowest BCUT2D eigenvalue weighted by atomic mass is 10.1. The number of nitrogens with one attached hydrogen (secondary N) is 1. The van der Waals surface area contributed by atoms with Gasteiger partial charge in [-0.3, -0.25) is 0 Å². The molecule has 1 aliphatic rings. The Hall–Kier alpha value is -1.13. The molecule has 1 aliphatic carbocycles. The number of nitrogens with two attached hydrogens (primary N) is 1. The van der Waals surface area contributed by atoms with E-state index in [1.54, 1.807) is 0 Å². The van der Waals surface area contributed by atoms with Crippen molar-refractivity contribution in [2.75, 3.05) is 11.9 Å². The lowest BCUT2D eigenvalue weighted by Crippen LogP contribution is -2.31. The van der Waals surface area contributed by atoms with Crippen molar-refractivity contribution in [3.63, 3.8) is 0 Å². The van der Waals surface area contributed by atoms with Crippen molar-refractivity contribution in [3.05, 3.63) is 34.9 Å². The number of pyridine rings is 1. The third-order valence-electron chi connectivity index (χ3n) is 3.52. The highest BCUT2D eigenvalue weighted by Gasteiger charge is 2.30. The summed E-state index contributed by atoms with van der Waals surface area (Å²) in [7, 11) is 0. The van der Waals surface area contributed by atoms with Gasteiger partial charge in [0.15, 0.2) is 0 Å². The number of rotatable bonds is 4. The Labute approximate surface area is 115 Å². The molecule has 4 heteroatoms. The van der Waals surface area contributed by atoms with Crippen molar-refractivity contribution in [2.24, 2.45) is 11.7 Å². The van der Waals surface area contributed by atoms with E-state index in [-0.39, 0.29) is 0 Å². The number of hydrogen-bond acceptors (Lipinski definition) is 3. The molecule has 0 aliphatic heterocycles. The van der Waals surface area contributed by atoms with Gasteiger partial charge < -0.3 is 11.1 Å². The van der Waals surface area contributed by atoms with Crippen LogP contribution in [0.15, 0.2) is 34.9 Å². The van der Waals surface area contributed by atoms with Crippen molar-refractivity contribution in [3.8, 4) is 0 Å². The molecule has 1 saturated carbocycles.